The normalized spacial score (nSPS) is 16.3. The van der Waals surface area contributed by atoms with E-state index in [4.69, 9.17) is 8.85 Å². The summed E-state index contributed by atoms with van der Waals surface area (Å²) in [6.07, 6.45) is 0.747. The summed E-state index contributed by atoms with van der Waals surface area (Å²) in [5.74, 6) is 0.114. The average molecular weight is 305 g/mol. The van der Waals surface area contributed by atoms with Gasteiger partial charge in [-0.3, -0.25) is 4.79 Å². The smallest absolute Gasteiger partial charge is 0.298 e. The lowest BCUT2D eigenvalue weighted by Gasteiger charge is -2.35. The van der Waals surface area contributed by atoms with Crippen molar-refractivity contribution in [3.8, 4) is 0 Å². The van der Waals surface area contributed by atoms with Crippen molar-refractivity contribution in [2.24, 2.45) is 11.8 Å². The van der Waals surface area contributed by atoms with Crippen molar-refractivity contribution in [3.63, 3.8) is 0 Å². The molecule has 0 aromatic heterocycles. The summed E-state index contributed by atoms with van der Waals surface area (Å²) in [6, 6.07) is 0. The molecule has 0 aromatic carbocycles. The van der Waals surface area contributed by atoms with Crippen LogP contribution in [0.3, 0.4) is 0 Å². The number of carbonyl (C=O) groups is 1. The third kappa shape index (κ3) is 7.89. The van der Waals surface area contributed by atoms with Crippen molar-refractivity contribution in [1.82, 2.24) is 0 Å². The molecule has 0 fully saturated rings. The summed E-state index contributed by atoms with van der Waals surface area (Å²) in [6.45, 7) is 18.9. The Morgan fingerprint density at radius 3 is 1.74 bits per heavy atom. The van der Waals surface area contributed by atoms with Crippen LogP contribution in [0.1, 0.15) is 27.2 Å². The van der Waals surface area contributed by atoms with Crippen LogP contribution < -0.4 is 0 Å². The summed E-state index contributed by atoms with van der Waals surface area (Å²) in [5, 5.41) is 0. The Bertz CT molecular complexity index is 290. The Morgan fingerprint density at radius 2 is 1.47 bits per heavy atom. The molecule has 0 aliphatic heterocycles. The van der Waals surface area contributed by atoms with Gasteiger partial charge in [0.1, 0.15) is 0 Å². The molecule has 0 saturated heterocycles. The second kappa shape index (κ2) is 7.04. The third-order valence-corrected chi connectivity index (χ3v) is 4.49. The summed E-state index contributed by atoms with van der Waals surface area (Å²) in [5.41, 5.74) is 0. The zero-order chi connectivity index (χ0) is 15.4. The number of rotatable bonds is 7. The minimum Gasteiger partial charge on any atom is -0.520 e. The van der Waals surface area contributed by atoms with Crippen LogP contribution in [0.4, 0.5) is 0 Å². The van der Waals surface area contributed by atoms with Crippen LogP contribution in [0, 0.1) is 11.8 Å². The van der Waals surface area contributed by atoms with Gasteiger partial charge in [0, 0.05) is 0 Å². The van der Waals surface area contributed by atoms with E-state index in [0.717, 1.165) is 6.42 Å². The van der Waals surface area contributed by atoms with Crippen LogP contribution in [0.5, 0.6) is 0 Å². The Balaban J connectivity index is 5.00. The molecular formula is C14H32O3Si2. The van der Waals surface area contributed by atoms with Gasteiger partial charge in [-0.15, -0.1) is 0 Å². The molecule has 0 amide bonds. The predicted molar refractivity (Wildman–Crippen MR) is 86.3 cm³/mol. The van der Waals surface area contributed by atoms with E-state index in [-0.39, 0.29) is 18.0 Å². The van der Waals surface area contributed by atoms with Crippen LogP contribution >= 0.6 is 0 Å². The van der Waals surface area contributed by atoms with Crippen molar-refractivity contribution in [3.05, 3.63) is 0 Å². The summed E-state index contributed by atoms with van der Waals surface area (Å²) in [7, 11) is -3.50. The van der Waals surface area contributed by atoms with Gasteiger partial charge >= 0.3 is 0 Å². The van der Waals surface area contributed by atoms with Crippen LogP contribution in [0.2, 0.25) is 39.3 Å². The number of carbonyl (C=O) groups excluding carboxylic acids is 1. The molecule has 114 valence electrons. The zero-order valence-corrected chi connectivity index (χ0v) is 16.2. The van der Waals surface area contributed by atoms with E-state index >= 15 is 0 Å². The summed E-state index contributed by atoms with van der Waals surface area (Å²) in [4.78, 5) is 12.4. The first-order chi connectivity index (χ1) is 8.37. The first kappa shape index (κ1) is 18.9. The molecule has 3 nitrogen and oxygen atoms in total. The lowest BCUT2D eigenvalue weighted by atomic mass is 9.91. The molecular weight excluding hydrogens is 272 g/mol. The fourth-order valence-corrected chi connectivity index (χ4v) is 4.01. The summed E-state index contributed by atoms with van der Waals surface area (Å²) >= 11 is 0. The van der Waals surface area contributed by atoms with Gasteiger partial charge in [0.25, 0.3) is 5.97 Å². The SMILES string of the molecule is CCC(C(=O)O[Si](C)(C)C)C(O[Si](C)(C)C)C(C)C. The van der Waals surface area contributed by atoms with Gasteiger partial charge in [-0.25, -0.2) is 0 Å². The van der Waals surface area contributed by atoms with Gasteiger partial charge in [0.2, 0.25) is 8.32 Å². The molecule has 0 bridgehead atoms. The lowest BCUT2D eigenvalue weighted by Crippen LogP contribution is -2.44. The van der Waals surface area contributed by atoms with Crippen LogP contribution in [0.15, 0.2) is 0 Å². The molecule has 0 spiro atoms. The molecule has 0 heterocycles. The maximum Gasteiger partial charge on any atom is 0.298 e. The van der Waals surface area contributed by atoms with E-state index in [1.54, 1.807) is 0 Å². The average Bonchev–Trinajstić information content (AvgIpc) is 2.12. The predicted octanol–water partition coefficient (Wildman–Crippen LogP) is 4.27. The highest BCUT2D eigenvalue weighted by Gasteiger charge is 2.36. The number of hydrogen-bond donors (Lipinski definition) is 0. The van der Waals surface area contributed by atoms with E-state index in [1.807, 2.05) is 26.6 Å². The molecule has 0 aliphatic carbocycles. The quantitative estimate of drug-likeness (QED) is 0.659. The minimum absolute atomic E-state index is 0.0273. The molecule has 0 radical (unpaired) electrons. The van der Waals surface area contributed by atoms with Crippen LogP contribution in [0.25, 0.3) is 0 Å². The van der Waals surface area contributed by atoms with Crippen molar-refractivity contribution in [2.45, 2.75) is 72.6 Å². The van der Waals surface area contributed by atoms with Crippen molar-refractivity contribution in [2.75, 3.05) is 0 Å². The maximum absolute atomic E-state index is 12.4. The maximum atomic E-state index is 12.4. The molecule has 0 saturated carbocycles. The monoisotopic (exact) mass is 304 g/mol. The molecule has 2 unspecified atom stereocenters. The lowest BCUT2D eigenvalue weighted by molar-refractivity contribution is -0.144. The van der Waals surface area contributed by atoms with Crippen molar-refractivity contribution < 1.29 is 13.6 Å². The first-order valence-corrected chi connectivity index (χ1v) is 14.1. The van der Waals surface area contributed by atoms with E-state index < -0.39 is 16.6 Å². The second-order valence-electron chi connectivity index (χ2n) is 7.49. The van der Waals surface area contributed by atoms with Crippen molar-refractivity contribution >= 4 is 22.6 Å². The molecule has 0 rings (SSSR count). The van der Waals surface area contributed by atoms with E-state index in [1.165, 1.54) is 0 Å². The molecule has 0 aliphatic rings. The van der Waals surface area contributed by atoms with Crippen LogP contribution in [-0.2, 0) is 13.6 Å². The zero-order valence-electron chi connectivity index (χ0n) is 14.2. The molecule has 5 heteroatoms. The molecule has 0 aromatic rings. The van der Waals surface area contributed by atoms with Gasteiger partial charge < -0.3 is 8.85 Å². The van der Waals surface area contributed by atoms with E-state index in [0.29, 0.717) is 5.92 Å². The van der Waals surface area contributed by atoms with Gasteiger partial charge in [-0.1, -0.05) is 20.8 Å². The van der Waals surface area contributed by atoms with E-state index in [2.05, 4.69) is 33.5 Å². The molecule has 2 atom stereocenters. The second-order valence-corrected chi connectivity index (χ2v) is 16.4. The first-order valence-electron chi connectivity index (χ1n) is 7.28. The minimum atomic E-state index is -1.83. The Labute approximate surface area is 121 Å². The highest BCUT2D eigenvalue weighted by Crippen LogP contribution is 2.26. The Kier molecular flexibility index (Phi) is 6.99. The largest absolute Gasteiger partial charge is 0.520 e. The van der Waals surface area contributed by atoms with Crippen LogP contribution in [-0.4, -0.2) is 28.7 Å². The molecule has 19 heavy (non-hydrogen) atoms. The topological polar surface area (TPSA) is 35.5 Å². The fraction of sp³-hybridized carbons (Fsp3) is 0.929. The van der Waals surface area contributed by atoms with Gasteiger partial charge in [-0.2, -0.15) is 0 Å². The summed E-state index contributed by atoms with van der Waals surface area (Å²) < 4.78 is 11.9. The highest BCUT2D eigenvalue weighted by molar-refractivity contribution is 6.71. The fourth-order valence-electron chi connectivity index (χ4n) is 2.00. The van der Waals surface area contributed by atoms with E-state index in [9.17, 15) is 4.79 Å². The highest BCUT2D eigenvalue weighted by atomic mass is 28.4. The van der Waals surface area contributed by atoms with Gasteiger partial charge in [-0.05, 0) is 51.6 Å². The third-order valence-electron chi connectivity index (χ3n) is 2.69. The Morgan fingerprint density at radius 1 is 1.00 bits per heavy atom. The molecule has 0 N–H and O–H groups in total. The van der Waals surface area contributed by atoms with Crippen molar-refractivity contribution in [1.29, 1.82) is 0 Å². The van der Waals surface area contributed by atoms with Gasteiger partial charge in [0.15, 0.2) is 8.32 Å². The number of hydrogen-bond acceptors (Lipinski definition) is 3. The van der Waals surface area contributed by atoms with Gasteiger partial charge in [0.05, 0.1) is 12.0 Å². The Hall–Kier alpha value is -0.136. The standard InChI is InChI=1S/C14H32O3Si2/c1-10-12(14(15)17-19(7,8)9)13(11(2)3)16-18(4,5)6/h11-13H,10H2,1-9H3.